The van der Waals surface area contributed by atoms with Crippen molar-refractivity contribution in [3.63, 3.8) is 0 Å². The van der Waals surface area contributed by atoms with E-state index in [0.717, 1.165) is 38.5 Å². The highest BCUT2D eigenvalue weighted by Gasteiger charge is 2.33. The number of ether oxygens (including phenoxy) is 3. The molecule has 0 aromatic rings. The normalized spacial score (nSPS) is 13.3. The predicted octanol–water partition coefficient (Wildman–Crippen LogP) is 11.8. The van der Waals surface area contributed by atoms with E-state index >= 15 is 0 Å². The molecule has 0 amide bonds. The Bertz CT molecular complexity index is 1040. The molecule has 0 aliphatic heterocycles. The van der Waals surface area contributed by atoms with Gasteiger partial charge in [0, 0.05) is 25.9 Å². The average Bonchev–Trinajstić information content (AvgIpc) is 3.17. The van der Waals surface area contributed by atoms with Gasteiger partial charge in [-0.25, -0.2) is 14.3 Å². The van der Waals surface area contributed by atoms with Crippen LogP contribution in [0.3, 0.4) is 0 Å². The third-order valence-corrected chi connectivity index (χ3v) is 10.1. The molecule has 57 heavy (non-hydrogen) atoms. The molecule has 0 radical (unpaired) electrons. The molecule has 0 spiro atoms. The van der Waals surface area contributed by atoms with Gasteiger partial charge in [-0.05, 0) is 12.8 Å². The molecule has 2 unspecified atom stereocenters. The summed E-state index contributed by atoms with van der Waals surface area (Å²) in [6.07, 6.45) is 24.6. The number of carbonyl (C=O) groups is 2. The molecule has 0 aromatic heterocycles. The summed E-state index contributed by atoms with van der Waals surface area (Å²) in [4.78, 5) is 35.3. The third-order valence-electron chi connectivity index (χ3n) is 8.75. The molecule has 0 saturated carbocycles. The first-order valence-electron chi connectivity index (χ1n) is 21.5. The summed E-state index contributed by atoms with van der Waals surface area (Å²) in [7, 11) is -4.56. The number of rotatable bonds is 43. The highest BCUT2D eigenvalue weighted by molar-refractivity contribution is 7.48. The van der Waals surface area contributed by atoms with Gasteiger partial charge >= 0.3 is 19.8 Å². The molecule has 0 aliphatic rings. The van der Waals surface area contributed by atoms with Crippen LogP contribution in [0.25, 0.3) is 0 Å². The fourth-order valence-corrected chi connectivity index (χ4v) is 6.68. The van der Waals surface area contributed by atoms with Gasteiger partial charge in [-0.1, -0.05) is 177 Å². The number of nitrogens with one attached hydrogen (secondary N) is 1. The second-order valence-electron chi connectivity index (χ2n) is 14.2. The molecule has 0 bridgehead atoms. The van der Waals surface area contributed by atoms with Crippen LogP contribution in [0, 0.1) is 11.3 Å². The minimum absolute atomic E-state index is 0.0561. The fraction of sp³-hybridized carbons (Fsp3) is 0.925. The Morgan fingerprint density at radius 2 is 1.11 bits per heavy atom. The van der Waals surface area contributed by atoms with Crippen LogP contribution in [0.2, 0.25) is 0 Å². The second-order valence-corrected chi connectivity index (χ2v) is 18.2. The summed E-state index contributed by atoms with van der Waals surface area (Å²) in [5.74, 6) is -0.926. The third kappa shape index (κ3) is 41.8. The minimum Gasteiger partial charge on any atom is -0.462 e. The lowest BCUT2D eigenvalue weighted by molar-refractivity contribution is -0.281. The number of nitrogens with zero attached hydrogens (tertiary/aromatic N) is 1. The van der Waals surface area contributed by atoms with E-state index in [1.54, 1.807) is 0 Å². The van der Waals surface area contributed by atoms with E-state index in [4.69, 9.17) is 77.9 Å². The van der Waals surface area contributed by atoms with Crippen molar-refractivity contribution in [2.45, 2.75) is 184 Å². The monoisotopic (exact) mass is 894 g/mol. The average molecular weight is 896 g/mol. The molecule has 0 aromatic carbocycles. The number of alkyl halides is 3. The largest absolute Gasteiger partial charge is 0.529 e. The van der Waals surface area contributed by atoms with E-state index in [1.807, 2.05) is 6.07 Å². The molecular formula is C40H74Cl3N2O11P. The number of unbranched alkanes of at least 4 members (excludes halogenated alkanes) is 20. The van der Waals surface area contributed by atoms with E-state index in [9.17, 15) is 14.2 Å². The molecule has 0 fully saturated rings. The zero-order valence-corrected chi connectivity index (χ0v) is 38.1. The number of hydrogen-bond acceptors (Lipinski definition) is 13. The van der Waals surface area contributed by atoms with Crippen molar-refractivity contribution in [3.8, 4) is 6.07 Å². The summed E-state index contributed by atoms with van der Waals surface area (Å²) in [6.45, 7) is 4.13. The maximum absolute atomic E-state index is 13.4. The maximum atomic E-state index is 13.4. The van der Waals surface area contributed by atoms with Crippen LogP contribution < -0.4 is 5.32 Å². The maximum Gasteiger partial charge on any atom is 0.529 e. The summed E-state index contributed by atoms with van der Waals surface area (Å²) in [6, 6.07) is 1.87. The number of halogens is 3. The van der Waals surface area contributed by atoms with Crippen LogP contribution in [-0.4, -0.2) is 74.6 Å². The van der Waals surface area contributed by atoms with Gasteiger partial charge in [-0.3, -0.25) is 14.1 Å². The Hall–Kier alpha value is -0.750. The lowest BCUT2D eigenvalue weighted by Gasteiger charge is -2.21. The van der Waals surface area contributed by atoms with Crippen LogP contribution in [-0.2, 0) is 52.0 Å². The number of hydrogen-bond donors (Lipinski definition) is 1. The Kier molecular flexibility index (Phi) is 40.1. The number of nitriles is 1. The standard InChI is InChI=1S/C40H74Cl3N2O11P/c1-3-5-7-9-11-13-15-17-19-21-23-26-38(46)50-34-37(54-39(47)27-24-22-20-18-16-14-12-10-8-6-4-2)35-53-57(48,55-51-31-25-28-44)56-52-33-30-45-29-32-49-36-40(41,42)43/h37,45H,3-27,29-36H2,1-2H3. The second kappa shape index (κ2) is 40.6. The van der Waals surface area contributed by atoms with Gasteiger partial charge < -0.3 is 19.5 Å². The molecular weight excluding hydrogens is 822 g/mol. The molecule has 0 saturated heterocycles. The highest BCUT2D eigenvalue weighted by atomic mass is 35.6. The molecule has 0 rings (SSSR count). The number of esters is 2. The molecule has 1 N–H and O–H groups in total. The Morgan fingerprint density at radius 1 is 0.649 bits per heavy atom. The van der Waals surface area contributed by atoms with E-state index in [2.05, 4.69) is 19.2 Å². The number of phosphoric acid groups is 1. The molecule has 2 atom stereocenters. The van der Waals surface area contributed by atoms with Gasteiger partial charge in [0.25, 0.3) is 0 Å². The van der Waals surface area contributed by atoms with Crippen LogP contribution in [0.5, 0.6) is 0 Å². The fourth-order valence-electron chi connectivity index (χ4n) is 5.58. The van der Waals surface area contributed by atoms with Crippen LogP contribution in [0.1, 0.15) is 174 Å². The van der Waals surface area contributed by atoms with Crippen molar-refractivity contribution in [1.82, 2.24) is 5.32 Å². The first-order valence-corrected chi connectivity index (χ1v) is 24.1. The zero-order valence-electron chi connectivity index (χ0n) is 34.9. The lowest BCUT2D eigenvalue weighted by atomic mass is 10.1. The van der Waals surface area contributed by atoms with Crippen molar-refractivity contribution in [3.05, 3.63) is 0 Å². The van der Waals surface area contributed by atoms with Crippen molar-refractivity contribution < 1.29 is 52.0 Å². The summed E-state index contributed by atoms with van der Waals surface area (Å²) < 4.78 is 43.4. The Balaban J connectivity index is 4.95. The van der Waals surface area contributed by atoms with Gasteiger partial charge in [0.2, 0.25) is 3.79 Å². The quantitative estimate of drug-likeness (QED) is 0.0154. The van der Waals surface area contributed by atoms with Crippen molar-refractivity contribution in [2.24, 2.45) is 0 Å². The van der Waals surface area contributed by atoms with Gasteiger partial charge in [0.15, 0.2) is 6.10 Å². The topological polar surface area (TPSA) is 161 Å². The smallest absolute Gasteiger partial charge is 0.462 e. The van der Waals surface area contributed by atoms with Crippen molar-refractivity contribution in [2.75, 3.05) is 52.7 Å². The summed E-state index contributed by atoms with van der Waals surface area (Å²) in [5, 5.41) is 11.8. The zero-order chi connectivity index (χ0) is 42.1. The van der Waals surface area contributed by atoms with Gasteiger partial charge in [0.05, 0.1) is 45.5 Å². The van der Waals surface area contributed by atoms with E-state index < -0.39 is 36.3 Å². The van der Waals surface area contributed by atoms with E-state index in [1.165, 1.54) is 89.9 Å². The first-order chi connectivity index (χ1) is 27.5. The van der Waals surface area contributed by atoms with E-state index in [0.29, 0.717) is 19.4 Å². The summed E-state index contributed by atoms with van der Waals surface area (Å²) in [5.41, 5.74) is 0. The SMILES string of the molecule is CCCCCCCCCCCCCC(=O)OCC(COP(=O)(OOCCC#N)OOCCNCCOCC(Cl)(Cl)Cl)OC(=O)CCCCCCCCCCCCC. The van der Waals surface area contributed by atoms with Crippen LogP contribution in [0.4, 0.5) is 0 Å². The van der Waals surface area contributed by atoms with Crippen LogP contribution in [0.15, 0.2) is 0 Å². The van der Waals surface area contributed by atoms with Crippen molar-refractivity contribution in [1.29, 1.82) is 5.26 Å². The first kappa shape index (κ1) is 56.2. The predicted molar refractivity (Wildman–Crippen MR) is 225 cm³/mol. The Labute approximate surface area is 358 Å². The molecule has 17 heteroatoms. The van der Waals surface area contributed by atoms with Crippen LogP contribution >= 0.6 is 42.6 Å². The van der Waals surface area contributed by atoms with Gasteiger partial charge in [0.1, 0.15) is 6.61 Å². The van der Waals surface area contributed by atoms with Gasteiger partial charge in [-0.2, -0.15) is 5.26 Å². The Morgan fingerprint density at radius 3 is 1.60 bits per heavy atom. The molecule has 0 aliphatic carbocycles. The highest BCUT2D eigenvalue weighted by Crippen LogP contribution is 2.50. The molecule has 336 valence electrons. The molecule has 13 nitrogen and oxygen atoms in total. The van der Waals surface area contributed by atoms with E-state index in [-0.39, 0.29) is 58.8 Å². The number of carbonyl (C=O) groups excluding carboxylic acids is 2. The lowest BCUT2D eigenvalue weighted by Crippen LogP contribution is -2.30. The van der Waals surface area contributed by atoms with Crippen molar-refractivity contribution >= 4 is 54.6 Å². The molecule has 0 heterocycles. The van der Waals surface area contributed by atoms with Gasteiger partial charge in [-0.15, -0.1) is 9.35 Å². The summed E-state index contributed by atoms with van der Waals surface area (Å²) >= 11 is 16.9. The minimum atomic E-state index is -4.56.